The molecule has 0 amide bonds. The van der Waals surface area contributed by atoms with Gasteiger partial charge < -0.3 is 15.3 Å². The number of nitrogens with one attached hydrogen (secondary N) is 1. The molecule has 1 aliphatic rings. The average Bonchev–Trinajstić information content (AvgIpc) is 1.81. The van der Waals surface area contributed by atoms with E-state index in [2.05, 4.69) is 17.1 Å². The summed E-state index contributed by atoms with van der Waals surface area (Å²) in [7, 11) is 2.02. The number of carboxylic acid groups (broad SMARTS) is 1. The van der Waals surface area contributed by atoms with Gasteiger partial charge in [0.2, 0.25) is 0 Å². The monoisotopic (exact) mass is 172 g/mol. The third-order valence-corrected chi connectivity index (χ3v) is 2.06. The number of hydrogen-bond acceptors (Lipinski definition) is 3. The highest BCUT2D eigenvalue weighted by Crippen LogP contribution is 2.04. The van der Waals surface area contributed by atoms with Crippen LogP contribution in [0.3, 0.4) is 0 Å². The fraction of sp³-hybridized carbons (Fsp3) is 0.875. The zero-order valence-electron chi connectivity index (χ0n) is 7.58. The van der Waals surface area contributed by atoms with Crippen LogP contribution in [0.5, 0.6) is 0 Å². The van der Waals surface area contributed by atoms with Crippen molar-refractivity contribution in [2.45, 2.75) is 25.4 Å². The van der Waals surface area contributed by atoms with E-state index in [9.17, 15) is 4.79 Å². The van der Waals surface area contributed by atoms with Crippen LogP contribution in [-0.4, -0.2) is 48.2 Å². The van der Waals surface area contributed by atoms with Crippen LogP contribution >= 0.6 is 0 Å². The van der Waals surface area contributed by atoms with E-state index in [0.717, 1.165) is 13.1 Å². The molecule has 0 aromatic rings. The fourth-order valence-corrected chi connectivity index (χ4v) is 1.76. The molecule has 4 heteroatoms. The van der Waals surface area contributed by atoms with Crippen LogP contribution in [0.15, 0.2) is 0 Å². The Labute approximate surface area is 72.6 Å². The highest BCUT2D eigenvalue weighted by Gasteiger charge is 2.22. The predicted molar refractivity (Wildman–Crippen MR) is 46.1 cm³/mol. The van der Waals surface area contributed by atoms with Crippen molar-refractivity contribution in [3.63, 3.8) is 0 Å². The van der Waals surface area contributed by atoms with Crippen molar-refractivity contribution in [1.29, 1.82) is 0 Å². The molecule has 0 aromatic carbocycles. The Bertz CT molecular complexity index is 162. The molecule has 4 nitrogen and oxygen atoms in total. The van der Waals surface area contributed by atoms with Crippen LogP contribution in [0.25, 0.3) is 0 Å². The Morgan fingerprint density at radius 2 is 2.33 bits per heavy atom. The Balaban J connectivity index is 2.38. The van der Waals surface area contributed by atoms with E-state index >= 15 is 0 Å². The topological polar surface area (TPSA) is 52.6 Å². The van der Waals surface area contributed by atoms with Gasteiger partial charge in [-0.05, 0) is 14.0 Å². The van der Waals surface area contributed by atoms with Gasteiger partial charge in [0.05, 0.1) is 6.42 Å². The molecule has 1 rings (SSSR count). The molecule has 12 heavy (non-hydrogen) atoms. The number of carboxylic acids is 1. The molecule has 0 spiro atoms. The standard InChI is InChI=1S/C8H16N2O2/c1-6-4-10(2)5-7(9-6)3-8(11)12/h6-7,9H,3-5H2,1-2H3,(H,11,12)/t6-,7+/m1/s1. The molecule has 0 aromatic heterocycles. The Hall–Kier alpha value is -0.610. The van der Waals surface area contributed by atoms with E-state index < -0.39 is 5.97 Å². The molecule has 0 bridgehead atoms. The molecular formula is C8H16N2O2. The van der Waals surface area contributed by atoms with Gasteiger partial charge in [-0.15, -0.1) is 0 Å². The van der Waals surface area contributed by atoms with Gasteiger partial charge >= 0.3 is 5.97 Å². The number of likely N-dealkylation sites (N-methyl/N-ethyl adjacent to an activating group) is 1. The Kier molecular flexibility index (Phi) is 3.05. The summed E-state index contributed by atoms with van der Waals surface area (Å²) in [4.78, 5) is 12.6. The van der Waals surface area contributed by atoms with E-state index in [0.29, 0.717) is 6.04 Å². The Morgan fingerprint density at radius 3 is 2.83 bits per heavy atom. The minimum absolute atomic E-state index is 0.108. The average molecular weight is 172 g/mol. The second-order valence-corrected chi connectivity index (χ2v) is 3.58. The molecule has 2 atom stereocenters. The van der Waals surface area contributed by atoms with Gasteiger partial charge in [-0.25, -0.2) is 0 Å². The summed E-state index contributed by atoms with van der Waals surface area (Å²) < 4.78 is 0. The smallest absolute Gasteiger partial charge is 0.304 e. The molecule has 0 aliphatic carbocycles. The molecule has 2 N–H and O–H groups in total. The molecule has 0 radical (unpaired) electrons. The number of aliphatic carboxylic acids is 1. The first-order valence-corrected chi connectivity index (χ1v) is 4.24. The van der Waals surface area contributed by atoms with E-state index in [1.165, 1.54) is 0 Å². The van der Waals surface area contributed by atoms with E-state index in [1.807, 2.05) is 7.05 Å². The lowest BCUT2D eigenvalue weighted by molar-refractivity contribution is -0.137. The summed E-state index contributed by atoms with van der Waals surface area (Å²) in [5.74, 6) is -0.727. The maximum atomic E-state index is 10.4. The molecule has 1 heterocycles. The first-order valence-electron chi connectivity index (χ1n) is 4.24. The number of carbonyl (C=O) groups is 1. The second kappa shape index (κ2) is 3.87. The van der Waals surface area contributed by atoms with Crippen molar-refractivity contribution in [2.75, 3.05) is 20.1 Å². The fourth-order valence-electron chi connectivity index (χ4n) is 1.76. The summed E-state index contributed by atoms with van der Waals surface area (Å²) in [5.41, 5.74) is 0. The van der Waals surface area contributed by atoms with Crippen molar-refractivity contribution in [1.82, 2.24) is 10.2 Å². The largest absolute Gasteiger partial charge is 0.481 e. The van der Waals surface area contributed by atoms with Crippen LogP contribution in [0, 0.1) is 0 Å². The van der Waals surface area contributed by atoms with Crippen LogP contribution in [0.2, 0.25) is 0 Å². The first-order chi connectivity index (χ1) is 5.58. The lowest BCUT2D eigenvalue weighted by Crippen LogP contribution is -2.54. The molecule has 1 saturated heterocycles. The lowest BCUT2D eigenvalue weighted by atomic mass is 10.1. The molecule has 1 fully saturated rings. The van der Waals surface area contributed by atoms with Crippen LogP contribution in [0.1, 0.15) is 13.3 Å². The highest BCUT2D eigenvalue weighted by atomic mass is 16.4. The zero-order valence-corrected chi connectivity index (χ0v) is 7.58. The molecule has 70 valence electrons. The van der Waals surface area contributed by atoms with Crippen molar-refractivity contribution in [3.05, 3.63) is 0 Å². The number of rotatable bonds is 2. The summed E-state index contributed by atoms with van der Waals surface area (Å²) >= 11 is 0. The summed E-state index contributed by atoms with van der Waals surface area (Å²) in [6, 6.07) is 0.504. The third kappa shape index (κ3) is 2.79. The molecule has 0 saturated carbocycles. The van der Waals surface area contributed by atoms with Gasteiger partial charge in [-0.3, -0.25) is 4.79 Å². The van der Waals surface area contributed by atoms with Crippen LogP contribution in [0.4, 0.5) is 0 Å². The Morgan fingerprint density at radius 1 is 1.67 bits per heavy atom. The van der Waals surface area contributed by atoms with Gasteiger partial charge in [0.25, 0.3) is 0 Å². The van der Waals surface area contributed by atoms with E-state index in [-0.39, 0.29) is 12.5 Å². The zero-order chi connectivity index (χ0) is 9.14. The van der Waals surface area contributed by atoms with Gasteiger partial charge in [-0.1, -0.05) is 0 Å². The predicted octanol–water partition coefficient (Wildman–Crippen LogP) is -0.247. The van der Waals surface area contributed by atoms with Crippen molar-refractivity contribution >= 4 is 5.97 Å². The van der Waals surface area contributed by atoms with Gasteiger partial charge in [0.15, 0.2) is 0 Å². The molecular weight excluding hydrogens is 156 g/mol. The first kappa shape index (κ1) is 9.48. The maximum Gasteiger partial charge on any atom is 0.304 e. The van der Waals surface area contributed by atoms with Crippen molar-refractivity contribution in [3.8, 4) is 0 Å². The maximum absolute atomic E-state index is 10.4. The van der Waals surface area contributed by atoms with Gasteiger partial charge in [0.1, 0.15) is 0 Å². The van der Waals surface area contributed by atoms with Gasteiger partial charge in [-0.2, -0.15) is 0 Å². The normalized spacial score (nSPS) is 31.8. The van der Waals surface area contributed by atoms with Crippen molar-refractivity contribution in [2.24, 2.45) is 0 Å². The molecule has 0 unspecified atom stereocenters. The van der Waals surface area contributed by atoms with Gasteiger partial charge in [0, 0.05) is 25.2 Å². The number of piperazine rings is 1. The summed E-state index contributed by atoms with van der Waals surface area (Å²) in [6.07, 6.45) is 0.217. The van der Waals surface area contributed by atoms with Crippen LogP contribution in [-0.2, 0) is 4.79 Å². The summed E-state index contributed by atoms with van der Waals surface area (Å²) in [6.45, 7) is 3.90. The van der Waals surface area contributed by atoms with Crippen molar-refractivity contribution < 1.29 is 9.90 Å². The molecule has 1 aliphatic heterocycles. The van der Waals surface area contributed by atoms with E-state index in [1.54, 1.807) is 0 Å². The minimum atomic E-state index is -0.727. The number of nitrogens with zero attached hydrogens (tertiary/aromatic N) is 1. The quantitative estimate of drug-likeness (QED) is 0.603. The van der Waals surface area contributed by atoms with Crippen LogP contribution < -0.4 is 5.32 Å². The van der Waals surface area contributed by atoms with E-state index in [4.69, 9.17) is 5.11 Å². The number of hydrogen-bond donors (Lipinski definition) is 2. The minimum Gasteiger partial charge on any atom is -0.481 e. The second-order valence-electron chi connectivity index (χ2n) is 3.58. The summed E-state index contributed by atoms with van der Waals surface area (Å²) in [5, 5.41) is 11.8. The third-order valence-electron chi connectivity index (χ3n) is 2.06. The lowest BCUT2D eigenvalue weighted by Gasteiger charge is -2.34. The SMILES string of the molecule is C[C@@H]1CN(C)C[C@H](CC(=O)O)N1. The highest BCUT2D eigenvalue weighted by molar-refractivity contribution is 5.67.